The molecule has 0 fully saturated rings. The van der Waals surface area contributed by atoms with Crippen molar-refractivity contribution in [3.05, 3.63) is 62.4 Å². The van der Waals surface area contributed by atoms with E-state index in [4.69, 9.17) is 16.3 Å². The Hall–Kier alpha value is -1.66. The molecule has 4 nitrogen and oxygen atoms in total. The fraction of sp³-hybridized carbons (Fsp3) is 0.0769. The van der Waals surface area contributed by atoms with Crippen molar-refractivity contribution in [2.45, 2.75) is 5.88 Å². The highest BCUT2D eigenvalue weighted by Gasteiger charge is 2.13. The zero-order chi connectivity index (χ0) is 14.7. The lowest BCUT2D eigenvalue weighted by molar-refractivity contribution is -0.385. The molecule has 2 aromatic rings. The first kappa shape index (κ1) is 14.7. The summed E-state index contributed by atoms with van der Waals surface area (Å²) >= 11 is 8.99. The van der Waals surface area contributed by atoms with E-state index in [9.17, 15) is 14.5 Å². The fourth-order valence-corrected chi connectivity index (χ4v) is 2.19. The number of hydrogen-bond acceptors (Lipinski definition) is 3. The second kappa shape index (κ2) is 6.19. The smallest absolute Gasteiger partial charge is 0.272 e. The number of alkyl halides is 1. The second-order valence-corrected chi connectivity index (χ2v) is 4.99. The van der Waals surface area contributed by atoms with Crippen LogP contribution in [0.4, 0.5) is 10.1 Å². The average Bonchev–Trinajstić information content (AvgIpc) is 2.42. The van der Waals surface area contributed by atoms with Gasteiger partial charge in [-0.1, -0.05) is 6.07 Å². The number of nitrogens with zero attached hydrogens (tertiary/aromatic N) is 1. The minimum atomic E-state index is -0.799. The molecule has 2 rings (SSSR count). The van der Waals surface area contributed by atoms with Crippen LogP contribution in [0.25, 0.3) is 0 Å². The molecule has 0 aliphatic carbocycles. The normalized spacial score (nSPS) is 10.3. The highest BCUT2D eigenvalue weighted by atomic mass is 79.9. The number of non-ortho nitro benzene ring substituents is 1. The van der Waals surface area contributed by atoms with Gasteiger partial charge in [0, 0.05) is 11.9 Å². The van der Waals surface area contributed by atoms with Crippen LogP contribution in [0.1, 0.15) is 5.56 Å². The van der Waals surface area contributed by atoms with Crippen LogP contribution < -0.4 is 4.74 Å². The number of nitro benzene ring substituents is 1. The van der Waals surface area contributed by atoms with Gasteiger partial charge >= 0.3 is 0 Å². The van der Waals surface area contributed by atoms with Gasteiger partial charge in [0.05, 0.1) is 15.5 Å². The zero-order valence-corrected chi connectivity index (χ0v) is 12.3. The fourth-order valence-electron chi connectivity index (χ4n) is 1.51. The molecule has 7 heteroatoms. The Balaban J connectivity index is 2.28. The van der Waals surface area contributed by atoms with E-state index in [1.165, 1.54) is 12.1 Å². The van der Waals surface area contributed by atoms with E-state index in [0.29, 0.717) is 16.1 Å². The third-order valence-electron chi connectivity index (χ3n) is 2.50. The molecule has 0 saturated carbocycles. The van der Waals surface area contributed by atoms with Gasteiger partial charge in [-0.15, -0.1) is 11.6 Å². The Kier molecular flexibility index (Phi) is 4.57. The largest absolute Gasteiger partial charge is 0.453 e. The van der Waals surface area contributed by atoms with Gasteiger partial charge in [-0.25, -0.2) is 4.39 Å². The van der Waals surface area contributed by atoms with Crippen LogP contribution in [0, 0.1) is 15.9 Å². The maximum absolute atomic E-state index is 13.7. The van der Waals surface area contributed by atoms with Crippen molar-refractivity contribution in [1.82, 2.24) is 0 Å². The molecule has 0 saturated heterocycles. The van der Waals surface area contributed by atoms with Gasteiger partial charge in [0.25, 0.3) is 5.69 Å². The second-order valence-electron chi connectivity index (χ2n) is 3.87. The number of ether oxygens (including phenoxy) is 1. The van der Waals surface area contributed by atoms with Crippen molar-refractivity contribution in [3.63, 3.8) is 0 Å². The monoisotopic (exact) mass is 359 g/mol. The number of hydrogen-bond donors (Lipinski definition) is 0. The van der Waals surface area contributed by atoms with Crippen LogP contribution in [-0.2, 0) is 5.88 Å². The van der Waals surface area contributed by atoms with Crippen LogP contribution in [0.2, 0.25) is 0 Å². The minimum Gasteiger partial charge on any atom is -0.453 e. The zero-order valence-electron chi connectivity index (χ0n) is 9.98. The minimum absolute atomic E-state index is 0.0880. The van der Waals surface area contributed by atoms with Crippen molar-refractivity contribution < 1.29 is 14.1 Å². The number of halogens is 3. The van der Waals surface area contributed by atoms with E-state index >= 15 is 0 Å². The molecule has 20 heavy (non-hydrogen) atoms. The lowest BCUT2D eigenvalue weighted by Crippen LogP contribution is -1.93. The average molecular weight is 361 g/mol. The van der Waals surface area contributed by atoms with Crippen molar-refractivity contribution in [1.29, 1.82) is 0 Å². The van der Waals surface area contributed by atoms with E-state index in [1.54, 1.807) is 18.2 Å². The standard InChI is InChI=1S/C13H8BrClFNO3/c14-10-5-8(7-15)1-3-12(10)20-13-4-2-9(17(18)19)6-11(13)16/h1-6H,7H2. The van der Waals surface area contributed by atoms with Crippen molar-refractivity contribution in [2.75, 3.05) is 0 Å². The van der Waals surface area contributed by atoms with E-state index in [1.807, 2.05) is 0 Å². The summed E-state index contributed by atoms with van der Waals surface area (Å²) < 4.78 is 19.7. The molecule has 0 atom stereocenters. The molecule has 104 valence electrons. The molecule has 0 spiro atoms. The van der Waals surface area contributed by atoms with Gasteiger partial charge in [-0.2, -0.15) is 0 Å². The number of rotatable bonds is 4. The van der Waals surface area contributed by atoms with Crippen LogP contribution in [0.15, 0.2) is 40.9 Å². The van der Waals surface area contributed by atoms with E-state index in [2.05, 4.69) is 15.9 Å². The summed E-state index contributed by atoms with van der Waals surface area (Å²) in [5, 5.41) is 10.5. The summed E-state index contributed by atoms with van der Waals surface area (Å²) in [5.41, 5.74) is 0.557. The Labute approximate surface area is 127 Å². The molecule has 2 aromatic carbocycles. The quantitative estimate of drug-likeness (QED) is 0.436. The molecule has 0 aliphatic rings. The van der Waals surface area contributed by atoms with Crippen LogP contribution in [-0.4, -0.2) is 4.92 Å². The SMILES string of the molecule is O=[N+]([O-])c1ccc(Oc2ccc(CCl)cc2Br)c(F)c1. The summed E-state index contributed by atoms with van der Waals surface area (Å²) in [4.78, 5) is 9.86. The van der Waals surface area contributed by atoms with Crippen LogP contribution in [0.3, 0.4) is 0 Å². The van der Waals surface area contributed by atoms with Gasteiger partial charge in [0.1, 0.15) is 5.75 Å². The third kappa shape index (κ3) is 3.26. The Morgan fingerprint density at radius 2 is 1.95 bits per heavy atom. The molecule has 0 radical (unpaired) electrons. The van der Waals surface area contributed by atoms with Crippen molar-refractivity contribution in [2.24, 2.45) is 0 Å². The molecule has 0 N–H and O–H groups in total. The highest BCUT2D eigenvalue weighted by Crippen LogP contribution is 2.33. The lowest BCUT2D eigenvalue weighted by atomic mass is 10.2. The maximum atomic E-state index is 13.7. The Morgan fingerprint density at radius 3 is 2.50 bits per heavy atom. The molecule has 0 aromatic heterocycles. The lowest BCUT2D eigenvalue weighted by Gasteiger charge is -2.09. The number of benzene rings is 2. The van der Waals surface area contributed by atoms with Crippen molar-refractivity contribution in [3.8, 4) is 11.5 Å². The maximum Gasteiger partial charge on any atom is 0.272 e. The molecule has 0 unspecified atom stereocenters. The summed E-state index contributed by atoms with van der Waals surface area (Å²) in [7, 11) is 0. The summed E-state index contributed by atoms with van der Waals surface area (Å²) in [6, 6.07) is 8.36. The first-order chi connectivity index (χ1) is 9.51. The van der Waals surface area contributed by atoms with Gasteiger partial charge in [0.2, 0.25) is 0 Å². The van der Waals surface area contributed by atoms with E-state index in [0.717, 1.165) is 11.6 Å². The summed E-state index contributed by atoms with van der Waals surface area (Å²) in [5.74, 6) is -0.140. The van der Waals surface area contributed by atoms with Crippen LogP contribution >= 0.6 is 27.5 Å². The molecular formula is C13H8BrClFNO3. The van der Waals surface area contributed by atoms with Gasteiger partial charge in [0.15, 0.2) is 11.6 Å². The van der Waals surface area contributed by atoms with Gasteiger partial charge < -0.3 is 4.74 Å². The van der Waals surface area contributed by atoms with E-state index < -0.39 is 10.7 Å². The van der Waals surface area contributed by atoms with Crippen molar-refractivity contribution >= 4 is 33.2 Å². The molecular weight excluding hydrogens is 353 g/mol. The van der Waals surface area contributed by atoms with E-state index in [-0.39, 0.29) is 11.4 Å². The number of nitro groups is 1. The first-order valence-electron chi connectivity index (χ1n) is 5.47. The molecule has 0 amide bonds. The molecule has 0 aliphatic heterocycles. The topological polar surface area (TPSA) is 52.4 Å². The van der Waals surface area contributed by atoms with Crippen LogP contribution in [0.5, 0.6) is 11.5 Å². The summed E-state index contributed by atoms with van der Waals surface area (Å²) in [6.45, 7) is 0. The van der Waals surface area contributed by atoms with Gasteiger partial charge in [-0.3, -0.25) is 10.1 Å². The third-order valence-corrected chi connectivity index (χ3v) is 3.43. The predicted octanol–water partition coefficient (Wildman–Crippen LogP) is 5.03. The Bertz CT molecular complexity index is 666. The highest BCUT2D eigenvalue weighted by molar-refractivity contribution is 9.10. The van der Waals surface area contributed by atoms with Gasteiger partial charge in [-0.05, 0) is 39.7 Å². The first-order valence-corrected chi connectivity index (χ1v) is 6.80. The summed E-state index contributed by atoms with van der Waals surface area (Å²) in [6.07, 6.45) is 0. The predicted molar refractivity (Wildman–Crippen MR) is 76.8 cm³/mol. The Morgan fingerprint density at radius 1 is 1.25 bits per heavy atom. The molecule has 0 bridgehead atoms. The molecule has 0 heterocycles.